The Morgan fingerprint density at radius 1 is 1.14 bits per heavy atom. The molecule has 2 amide bonds. The van der Waals surface area contributed by atoms with Crippen LogP contribution in [0.25, 0.3) is 0 Å². The number of urea groups is 1. The molecule has 1 atom stereocenters. The molecule has 0 aromatic carbocycles. The monoisotopic (exact) mass is 297 g/mol. The van der Waals surface area contributed by atoms with Gasteiger partial charge in [0.15, 0.2) is 0 Å². The van der Waals surface area contributed by atoms with Crippen molar-refractivity contribution in [2.45, 2.75) is 38.5 Å². The van der Waals surface area contributed by atoms with Gasteiger partial charge in [-0.1, -0.05) is 19.3 Å². The van der Waals surface area contributed by atoms with Crippen molar-refractivity contribution in [1.29, 1.82) is 0 Å². The predicted molar refractivity (Wildman–Crippen MR) is 84.5 cm³/mol. The van der Waals surface area contributed by atoms with Gasteiger partial charge < -0.3 is 19.9 Å². The molecule has 0 aromatic rings. The molecule has 0 bridgehead atoms. The zero-order chi connectivity index (χ0) is 14.9. The first-order valence-corrected chi connectivity index (χ1v) is 8.53. The van der Waals surface area contributed by atoms with Gasteiger partial charge in [-0.3, -0.25) is 0 Å². The van der Waals surface area contributed by atoms with Crippen LogP contribution in [0.4, 0.5) is 4.79 Å². The van der Waals surface area contributed by atoms with Crippen molar-refractivity contribution < 1.29 is 9.53 Å². The van der Waals surface area contributed by atoms with E-state index in [4.69, 9.17) is 4.74 Å². The fourth-order valence-electron chi connectivity index (χ4n) is 3.30. The third-order valence-corrected chi connectivity index (χ3v) is 4.67. The lowest BCUT2D eigenvalue weighted by Gasteiger charge is -2.25. The van der Waals surface area contributed by atoms with Gasteiger partial charge in [-0.05, 0) is 31.7 Å². The second kappa shape index (κ2) is 9.26. The second-order valence-corrected chi connectivity index (χ2v) is 6.39. The van der Waals surface area contributed by atoms with Crippen LogP contribution < -0.4 is 5.32 Å². The number of ether oxygens (including phenoxy) is 1. The Labute approximate surface area is 129 Å². The summed E-state index contributed by atoms with van der Waals surface area (Å²) in [5, 5.41) is 3.15. The van der Waals surface area contributed by atoms with E-state index in [1.165, 1.54) is 25.7 Å². The minimum absolute atomic E-state index is 0.146. The lowest BCUT2D eigenvalue weighted by atomic mass is 10.1. The second-order valence-electron chi connectivity index (χ2n) is 6.39. The topological polar surface area (TPSA) is 44.8 Å². The van der Waals surface area contributed by atoms with E-state index >= 15 is 0 Å². The molecule has 0 radical (unpaired) electrons. The van der Waals surface area contributed by atoms with Crippen LogP contribution in [0.5, 0.6) is 0 Å². The number of methoxy groups -OCH3 is 1. The van der Waals surface area contributed by atoms with Gasteiger partial charge in [0.2, 0.25) is 0 Å². The van der Waals surface area contributed by atoms with E-state index in [0.29, 0.717) is 5.92 Å². The fraction of sp³-hybridized carbons (Fsp3) is 0.938. The van der Waals surface area contributed by atoms with E-state index in [-0.39, 0.29) is 6.03 Å². The Balaban J connectivity index is 1.64. The number of nitrogens with one attached hydrogen (secondary N) is 1. The summed E-state index contributed by atoms with van der Waals surface area (Å²) < 4.78 is 5.12. The summed E-state index contributed by atoms with van der Waals surface area (Å²) in [7, 11) is 1.75. The van der Waals surface area contributed by atoms with E-state index in [2.05, 4.69) is 10.2 Å². The number of rotatable bonds is 5. The van der Waals surface area contributed by atoms with Gasteiger partial charge in [0.1, 0.15) is 0 Å². The highest BCUT2D eigenvalue weighted by Gasteiger charge is 2.23. The first kappa shape index (κ1) is 16.6. The maximum absolute atomic E-state index is 12.3. The molecular weight excluding hydrogens is 266 g/mol. The Bertz CT molecular complexity index is 304. The summed E-state index contributed by atoms with van der Waals surface area (Å²) in [6, 6.07) is 0.146. The minimum atomic E-state index is 0.146. The highest BCUT2D eigenvalue weighted by Crippen LogP contribution is 2.15. The maximum atomic E-state index is 12.3. The van der Waals surface area contributed by atoms with Crippen molar-refractivity contribution in [2.75, 3.05) is 53.0 Å². The van der Waals surface area contributed by atoms with Crippen LogP contribution in [0.3, 0.4) is 0 Å². The quantitative estimate of drug-likeness (QED) is 0.843. The maximum Gasteiger partial charge on any atom is 0.317 e. The van der Waals surface area contributed by atoms with Crippen molar-refractivity contribution in [3.63, 3.8) is 0 Å². The van der Waals surface area contributed by atoms with Gasteiger partial charge >= 0.3 is 6.03 Å². The van der Waals surface area contributed by atoms with Crippen LogP contribution >= 0.6 is 0 Å². The summed E-state index contributed by atoms with van der Waals surface area (Å²) in [4.78, 5) is 16.7. The molecule has 0 spiro atoms. The van der Waals surface area contributed by atoms with Crippen LogP contribution in [-0.2, 0) is 4.74 Å². The molecule has 5 nitrogen and oxygen atoms in total. The molecule has 2 saturated heterocycles. The zero-order valence-corrected chi connectivity index (χ0v) is 13.5. The zero-order valence-electron chi connectivity index (χ0n) is 13.5. The molecule has 0 aliphatic carbocycles. The number of hydrogen-bond acceptors (Lipinski definition) is 3. The number of likely N-dealkylation sites (tertiary alicyclic amines) is 2. The molecule has 0 aromatic heterocycles. The van der Waals surface area contributed by atoms with Crippen molar-refractivity contribution in [3.8, 4) is 0 Å². The average molecular weight is 297 g/mol. The van der Waals surface area contributed by atoms with Crippen LogP contribution in [0, 0.1) is 5.92 Å². The Morgan fingerprint density at radius 3 is 2.57 bits per heavy atom. The molecule has 2 rings (SSSR count). The minimum Gasteiger partial charge on any atom is -0.383 e. The van der Waals surface area contributed by atoms with E-state index in [1.54, 1.807) is 7.11 Å². The molecule has 1 N–H and O–H groups in total. The van der Waals surface area contributed by atoms with Crippen LogP contribution in [0.1, 0.15) is 38.5 Å². The number of carbonyl (C=O) groups excluding carboxylic acids is 1. The Hall–Kier alpha value is -0.810. The molecule has 21 heavy (non-hydrogen) atoms. The molecule has 2 fully saturated rings. The van der Waals surface area contributed by atoms with Crippen LogP contribution in [0.15, 0.2) is 0 Å². The first-order chi connectivity index (χ1) is 10.3. The highest BCUT2D eigenvalue weighted by atomic mass is 16.5. The van der Waals surface area contributed by atoms with Crippen molar-refractivity contribution >= 4 is 6.03 Å². The van der Waals surface area contributed by atoms with Crippen molar-refractivity contribution in [2.24, 2.45) is 5.92 Å². The fourth-order valence-corrected chi connectivity index (χ4v) is 3.30. The molecule has 0 unspecified atom stereocenters. The molecule has 2 heterocycles. The number of hydrogen-bond donors (Lipinski definition) is 1. The molecule has 2 aliphatic rings. The van der Waals surface area contributed by atoms with E-state index in [1.807, 2.05) is 4.90 Å². The molecule has 2 aliphatic heterocycles. The van der Waals surface area contributed by atoms with Gasteiger partial charge in [-0.2, -0.15) is 0 Å². The third kappa shape index (κ3) is 5.83. The average Bonchev–Trinajstić information content (AvgIpc) is 2.90. The lowest BCUT2D eigenvalue weighted by Crippen LogP contribution is -2.43. The van der Waals surface area contributed by atoms with Crippen molar-refractivity contribution in [3.05, 3.63) is 0 Å². The van der Waals surface area contributed by atoms with Gasteiger partial charge in [-0.15, -0.1) is 0 Å². The number of nitrogens with zero attached hydrogens (tertiary/aromatic N) is 2. The Kier molecular flexibility index (Phi) is 7.30. The summed E-state index contributed by atoms with van der Waals surface area (Å²) >= 11 is 0. The van der Waals surface area contributed by atoms with Crippen LogP contribution in [0.2, 0.25) is 0 Å². The number of carbonyl (C=O) groups is 1. The molecular formula is C16H31N3O2. The molecule has 5 heteroatoms. The molecule has 0 saturated carbocycles. The summed E-state index contributed by atoms with van der Waals surface area (Å²) in [5.41, 5.74) is 0. The van der Waals surface area contributed by atoms with Crippen LogP contribution in [-0.4, -0.2) is 68.8 Å². The summed E-state index contributed by atoms with van der Waals surface area (Å²) in [6.45, 7) is 6.70. The standard InChI is InChI=1S/C16H31N3O2/c1-21-12-11-18-10-7-15(14-18)13-17-16(20)19-8-5-3-2-4-6-9-19/h15H,2-14H2,1H3,(H,17,20)/t15-/m0/s1. The largest absolute Gasteiger partial charge is 0.383 e. The smallest absolute Gasteiger partial charge is 0.317 e. The van der Waals surface area contributed by atoms with E-state index < -0.39 is 0 Å². The summed E-state index contributed by atoms with van der Waals surface area (Å²) in [5.74, 6) is 0.598. The van der Waals surface area contributed by atoms with E-state index in [9.17, 15) is 4.79 Å². The van der Waals surface area contributed by atoms with Gasteiger partial charge in [-0.25, -0.2) is 4.79 Å². The van der Waals surface area contributed by atoms with Crippen molar-refractivity contribution in [1.82, 2.24) is 15.1 Å². The SMILES string of the molecule is COCCN1CC[C@@H](CNC(=O)N2CCCCCCC2)C1. The van der Waals surface area contributed by atoms with E-state index in [0.717, 1.165) is 58.7 Å². The normalized spacial score (nSPS) is 24.6. The number of amides is 2. The third-order valence-electron chi connectivity index (χ3n) is 4.67. The lowest BCUT2D eigenvalue weighted by molar-refractivity contribution is 0.158. The first-order valence-electron chi connectivity index (χ1n) is 8.53. The molecule has 122 valence electrons. The van der Waals surface area contributed by atoms with Gasteiger partial charge in [0, 0.05) is 39.8 Å². The Morgan fingerprint density at radius 2 is 1.86 bits per heavy atom. The summed E-state index contributed by atoms with van der Waals surface area (Å²) in [6.07, 6.45) is 7.35. The van der Waals surface area contributed by atoms with Gasteiger partial charge in [0.05, 0.1) is 6.61 Å². The predicted octanol–water partition coefficient (Wildman–Crippen LogP) is 1.93. The highest BCUT2D eigenvalue weighted by molar-refractivity contribution is 5.74. The van der Waals surface area contributed by atoms with Gasteiger partial charge in [0.25, 0.3) is 0 Å².